The van der Waals surface area contributed by atoms with Crippen molar-refractivity contribution in [2.45, 2.75) is 32.7 Å². The van der Waals surface area contributed by atoms with Gasteiger partial charge < -0.3 is 10.1 Å². The summed E-state index contributed by atoms with van der Waals surface area (Å²) in [4.78, 5) is 13.2. The van der Waals surface area contributed by atoms with Gasteiger partial charge in [0.1, 0.15) is 17.6 Å². The second-order valence-corrected chi connectivity index (χ2v) is 8.25. The largest absolute Gasteiger partial charge is 0.497 e. The standard InChI is InChI=1S/C25H25N3O2/c1-15-13-20-23(21(29)14-15)24(18-9-11-19(30-3)12-10-18)28-25(26-20)22(16(2)27-28)17-7-5-4-6-8-17/h4-12,15,24,26H,13-14H2,1-3H3/t15-,24-/m1/s1. The average Bonchev–Trinajstić information content (AvgIpc) is 3.08. The van der Waals surface area contributed by atoms with Crippen molar-refractivity contribution in [3.05, 3.63) is 77.1 Å². The van der Waals surface area contributed by atoms with Crippen LogP contribution in [0.1, 0.15) is 37.1 Å². The van der Waals surface area contributed by atoms with Crippen LogP contribution in [0.4, 0.5) is 5.82 Å². The minimum atomic E-state index is -0.238. The molecule has 5 nitrogen and oxygen atoms in total. The fourth-order valence-electron chi connectivity index (χ4n) is 4.73. The van der Waals surface area contributed by atoms with Gasteiger partial charge in [0.2, 0.25) is 0 Å². The average molecular weight is 399 g/mol. The number of carbonyl (C=O) groups is 1. The van der Waals surface area contributed by atoms with E-state index in [0.717, 1.165) is 51.6 Å². The van der Waals surface area contributed by atoms with Gasteiger partial charge in [0.15, 0.2) is 5.78 Å². The van der Waals surface area contributed by atoms with Gasteiger partial charge in [-0.25, -0.2) is 4.68 Å². The first-order chi connectivity index (χ1) is 14.6. The number of Topliss-reactive ketones (excluding diaryl/α,β-unsaturated/α-hetero) is 1. The molecule has 1 N–H and O–H groups in total. The van der Waals surface area contributed by atoms with E-state index < -0.39 is 0 Å². The van der Waals surface area contributed by atoms with Gasteiger partial charge in [0.25, 0.3) is 0 Å². The highest BCUT2D eigenvalue weighted by Crippen LogP contribution is 2.45. The summed E-state index contributed by atoms with van der Waals surface area (Å²) >= 11 is 0. The normalized spacial score (nSPS) is 20.4. The van der Waals surface area contributed by atoms with Gasteiger partial charge >= 0.3 is 0 Å². The van der Waals surface area contributed by atoms with Crippen LogP contribution in [0, 0.1) is 12.8 Å². The van der Waals surface area contributed by atoms with E-state index in [2.05, 4.69) is 24.4 Å². The Balaban J connectivity index is 1.72. The van der Waals surface area contributed by atoms with Crippen LogP contribution in [0.3, 0.4) is 0 Å². The molecule has 0 bridgehead atoms. The van der Waals surface area contributed by atoms with Crippen LogP contribution in [0.5, 0.6) is 5.75 Å². The van der Waals surface area contributed by atoms with Crippen LogP contribution < -0.4 is 10.1 Å². The molecule has 5 rings (SSSR count). The number of fused-ring (bicyclic) bond motifs is 1. The predicted molar refractivity (Wildman–Crippen MR) is 118 cm³/mol. The number of ketones is 1. The highest BCUT2D eigenvalue weighted by atomic mass is 16.5. The first-order valence-corrected chi connectivity index (χ1v) is 10.4. The van der Waals surface area contributed by atoms with E-state index in [-0.39, 0.29) is 11.8 Å². The fraction of sp³-hybridized carbons (Fsp3) is 0.280. The summed E-state index contributed by atoms with van der Waals surface area (Å²) in [6.45, 7) is 4.17. The van der Waals surface area contributed by atoms with Gasteiger partial charge in [-0.15, -0.1) is 0 Å². The number of hydrogen-bond donors (Lipinski definition) is 1. The number of hydrogen-bond acceptors (Lipinski definition) is 4. The summed E-state index contributed by atoms with van der Waals surface area (Å²) < 4.78 is 7.33. The number of allylic oxidation sites excluding steroid dienone is 2. The smallest absolute Gasteiger partial charge is 0.163 e. The minimum Gasteiger partial charge on any atom is -0.497 e. The molecule has 2 heterocycles. The Morgan fingerprint density at radius 2 is 1.80 bits per heavy atom. The Morgan fingerprint density at radius 3 is 2.50 bits per heavy atom. The second kappa shape index (κ2) is 7.17. The lowest BCUT2D eigenvalue weighted by atomic mass is 9.81. The third-order valence-corrected chi connectivity index (χ3v) is 6.08. The molecule has 0 spiro atoms. The highest BCUT2D eigenvalue weighted by Gasteiger charge is 2.39. The van der Waals surface area contributed by atoms with Crippen molar-refractivity contribution in [3.63, 3.8) is 0 Å². The predicted octanol–water partition coefficient (Wildman–Crippen LogP) is 5.14. The molecule has 152 valence electrons. The summed E-state index contributed by atoms with van der Waals surface area (Å²) in [5, 5.41) is 8.51. The maximum atomic E-state index is 13.2. The van der Waals surface area contributed by atoms with Gasteiger partial charge in [-0.1, -0.05) is 49.4 Å². The summed E-state index contributed by atoms with van der Waals surface area (Å²) in [6, 6.07) is 18.0. The molecule has 2 atom stereocenters. The molecular weight excluding hydrogens is 374 g/mol. The Labute approximate surface area is 176 Å². The molecule has 2 aromatic carbocycles. The SMILES string of the molecule is COc1ccc([C@@H]2C3=C(C[C@@H](C)CC3=O)Nc3c(-c4ccccc4)c(C)nn32)cc1. The molecule has 0 saturated heterocycles. The van der Waals surface area contributed by atoms with Gasteiger partial charge in [0, 0.05) is 23.3 Å². The summed E-state index contributed by atoms with van der Waals surface area (Å²) in [7, 11) is 1.66. The molecule has 0 saturated carbocycles. The van der Waals surface area contributed by atoms with Crippen molar-refractivity contribution in [2.24, 2.45) is 5.92 Å². The number of rotatable bonds is 3. The maximum Gasteiger partial charge on any atom is 0.163 e. The summed E-state index contributed by atoms with van der Waals surface area (Å²) in [5.41, 5.74) is 6.07. The Bertz CT molecular complexity index is 1140. The molecule has 1 aromatic heterocycles. The molecule has 1 aliphatic heterocycles. The fourth-order valence-corrected chi connectivity index (χ4v) is 4.73. The lowest BCUT2D eigenvalue weighted by Gasteiger charge is -2.35. The van der Waals surface area contributed by atoms with Crippen LogP contribution in [0.2, 0.25) is 0 Å². The number of nitrogens with zero attached hydrogens (tertiary/aromatic N) is 2. The lowest BCUT2D eigenvalue weighted by Crippen LogP contribution is -2.33. The first kappa shape index (κ1) is 18.7. The first-order valence-electron chi connectivity index (χ1n) is 10.4. The van der Waals surface area contributed by atoms with E-state index in [4.69, 9.17) is 9.84 Å². The minimum absolute atomic E-state index is 0.206. The van der Waals surface area contributed by atoms with Crippen molar-refractivity contribution in [1.29, 1.82) is 0 Å². The summed E-state index contributed by atoms with van der Waals surface area (Å²) in [5.74, 6) is 2.29. The van der Waals surface area contributed by atoms with E-state index in [1.807, 2.05) is 54.1 Å². The zero-order chi connectivity index (χ0) is 20.8. The number of aryl methyl sites for hydroxylation is 1. The molecule has 5 heteroatoms. The zero-order valence-electron chi connectivity index (χ0n) is 17.5. The molecule has 2 aliphatic rings. The Kier molecular flexibility index (Phi) is 4.46. The number of anilines is 1. The van der Waals surface area contributed by atoms with E-state index in [1.165, 1.54) is 0 Å². The van der Waals surface area contributed by atoms with Crippen molar-refractivity contribution < 1.29 is 9.53 Å². The van der Waals surface area contributed by atoms with Gasteiger partial charge in [-0.05, 0) is 42.5 Å². The van der Waals surface area contributed by atoms with Crippen LogP contribution in [0.25, 0.3) is 11.1 Å². The molecule has 0 radical (unpaired) electrons. The molecular formula is C25H25N3O2. The van der Waals surface area contributed by atoms with E-state index in [1.54, 1.807) is 7.11 Å². The maximum absolute atomic E-state index is 13.2. The Morgan fingerprint density at radius 1 is 1.07 bits per heavy atom. The van der Waals surface area contributed by atoms with Crippen molar-refractivity contribution in [1.82, 2.24) is 9.78 Å². The number of methoxy groups -OCH3 is 1. The summed E-state index contributed by atoms with van der Waals surface area (Å²) in [6.07, 6.45) is 1.44. The van der Waals surface area contributed by atoms with E-state index in [9.17, 15) is 4.79 Å². The van der Waals surface area contributed by atoms with Crippen LogP contribution >= 0.6 is 0 Å². The van der Waals surface area contributed by atoms with Crippen molar-refractivity contribution in [2.75, 3.05) is 12.4 Å². The molecule has 0 fully saturated rings. The highest BCUT2D eigenvalue weighted by molar-refractivity contribution is 6.00. The molecule has 0 amide bonds. The van der Waals surface area contributed by atoms with Crippen molar-refractivity contribution >= 4 is 11.6 Å². The van der Waals surface area contributed by atoms with Gasteiger partial charge in [-0.3, -0.25) is 4.79 Å². The number of aromatic nitrogens is 2. The van der Waals surface area contributed by atoms with Crippen LogP contribution in [-0.4, -0.2) is 22.7 Å². The van der Waals surface area contributed by atoms with Gasteiger partial charge in [0.05, 0.1) is 12.8 Å². The third kappa shape index (κ3) is 2.93. The quantitative estimate of drug-likeness (QED) is 0.663. The van der Waals surface area contributed by atoms with E-state index in [0.29, 0.717) is 12.3 Å². The van der Waals surface area contributed by atoms with Gasteiger partial charge in [-0.2, -0.15) is 5.10 Å². The lowest BCUT2D eigenvalue weighted by molar-refractivity contribution is -0.117. The number of nitrogens with one attached hydrogen (secondary N) is 1. The third-order valence-electron chi connectivity index (χ3n) is 6.08. The Hall–Kier alpha value is -3.34. The topological polar surface area (TPSA) is 56.1 Å². The second-order valence-electron chi connectivity index (χ2n) is 8.25. The monoisotopic (exact) mass is 399 g/mol. The molecule has 30 heavy (non-hydrogen) atoms. The number of ether oxygens (including phenoxy) is 1. The van der Waals surface area contributed by atoms with Crippen LogP contribution in [0.15, 0.2) is 65.9 Å². The molecule has 1 aliphatic carbocycles. The van der Waals surface area contributed by atoms with Crippen molar-refractivity contribution in [3.8, 4) is 16.9 Å². The molecule has 0 unspecified atom stereocenters. The van der Waals surface area contributed by atoms with E-state index >= 15 is 0 Å². The number of carbonyl (C=O) groups excluding carboxylic acids is 1. The number of benzene rings is 2. The zero-order valence-corrected chi connectivity index (χ0v) is 17.5. The molecule has 3 aromatic rings. The van der Waals surface area contributed by atoms with Crippen LogP contribution in [-0.2, 0) is 4.79 Å².